The summed E-state index contributed by atoms with van der Waals surface area (Å²) in [6.45, 7) is -0.139. The second-order valence-electron chi connectivity index (χ2n) is 4.22. The van der Waals surface area contributed by atoms with Crippen LogP contribution in [-0.2, 0) is 0 Å². The third-order valence-corrected chi connectivity index (χ3v) is 3.41. The first-order chi connectivity index (χ1) is 9.79. The van der Waals surface area contributed by atoms with Crippen LogP contribution in [0.15, 0.2) is 22.0 Å². The highest BCUT2D eigenvalue weighted by molar-refractivity contribution is 7.13. The van der Waals surface area contributed by atoms with E-state index in [1.807, 2.05) is 0 Å². The summed E-state index contributed by atoms with van der Waals surface area (Å²) in [5, 5.41) is 16.7. The molecule has 0 aliphatic carbocycles. The van der Waals surface area contributed by atoms with E-state index in [1.165, 1.54) is 18.3 Å². The number of halogens is 3. The number of carbonyl (C=O) groups excluding carboxylic acids is 1. The van der Waals surface area contributed by atoms with Crippen LogP contribution >= 0.6 is 11.3 Å². The van der Waals surface area contributed by atoms with Crippen LogP contribution in [0.5, 0.6) is 0 Å². The lowest BCUT2D eigenvalue weighted by Crippen LogP contribution is -2.34. The van der Waals surface area contributed by atoms with Gasteiger partial charge in [0.2, 0.25) is 0 Å². The predicted octanol–water partition coefficient (Wildman–Crippen LogP) is 2.75. The molecule has 114 valence electrons. The molecule has 1 amide bonds. The Morgan fingerprint density at radius 1 is 1.57 bits per heavy atom. The second kappa shape index (κ2) is 5.86. The van der Waals surface area contributed by atoms with Crippen molar-refractivity contribution in [3.63, 3.8) is 0 Å². The van der Waals surface area contributed by atoms with Crippen molar-refractivity contribution in [3.8, 4) is 10.6 Å². The summed E-state index contributed by atoms with van der Waals surface area (Å²) < 4.78 is 41.5. The van der Waals surface area contributed by atoms with Crippen molar-refractivity contribution >= 4 is 17.2 Å². The van der Waals surface area contributed by atoms with Crippen molar-refractivity contribution in [1.82, 2.24) is 10.5 Å². The number of carbonyl (C=O) groups is 1. The number of aromatic nitrogens is 1. The number of alkyl halides is 3. The highest BCUT2D eigenvalue weighted by Crippen LogP contribution is 2.31. The van der Waals surface area contributed by atoms with Gasteiger partial charge in [-0.1, -0.05) is 11.2 Å². The standard InChI is InChI=1S/C12H11F3N2O3S/c1-6(18)10-8(11(19)16-5-12(13,14)15)9(17-20-10)7-3-2-4-21-7/h2-4,6,18H,5H2,1H3,(H,16,19). The molecule has 0 saturated heterocycles. The number of rotatable bonds is 4. The number of nitrogens with zero attached hydrogens (tertiary/aromatic N) is 1. The lowest BCUT2D eigenvalue weighted by molar-refractivity contribution is -0.123. The maximum Gasteiger partial charge on any atom is 0.405 e. The lowest BCUT2D eigenvalue weighted by atomic mass is 10.1. The molecule has 2 aromatic heterocycles. The number of hydrogen-bond acceptors (Lipinski definition) is 5. The topological polar surface area (TPSA) is 75.4 Å². The molecule has 2 N–H and O–H groups in total. The Morgan fingerprint density at radius 2 is 2.29 bits per heavy atom. The number of aliphatic hydroxyl groups excluding tert-OH is 1. The first-order valence-corrected chi connectivity index (χ1v) is 6.74. The summed E-state index contributed by atoms with van der Waals surface area (Å²) >= 11 is 1.25. The molecule has 0 aromatic carbocycles. The van der Waals surface area contributed by atoms with Gasteiger partial charge >= 0.3 is 6.18 Å². The zero-order valence-electron chi connectivity index (χ0n) is 10.8. The Hall–Kier alpha value is -1.87. The van der Waals surface area contributed by atoms with Crippen LogP contribution < -0.4 is 5.32 Å². The summed E-state index contributed by atoms with van der Waals surface area (Å²) in [5.74, 6) is -1.16. The van der Waals surface area contributed by atoms with E-state index in [2.05, 4.69) is 5.16 Å². The fourth-order valence-electron chi connectivity index (χ4n) is 1.66. The van der Waals surface area contributed by atoms with Crippen LogP contribution in [0.1, 0.15) is 29.1 Å². The number of aliphatic hydroxyl groups is 1. The van der Waals surface area contributed by atoms with E-state index >= 15 is 0 Å². The molecule has 2 heterocycles. The summed E-state index contributed by atoms with van der Waals surface area (Å²) in [7, 11) is 0. The molecular formula is C12H11F3N2O3S. The molecular weight excluding hydrogens is 309 g/mol. The van der Waals surface area contributed by atoms with E-state index in [4.69, 9.17) is 4.52 Å². The minimum atomic E-state index is -4.53. The molecule has 0 aliphatic heterocycles. The van der Waals surface area contributed by atoms with E-state index in [-0.39, 0.29) is 17.0 Å². The average molecular weight is 320 g/mol. The maximum absolute atomic E-state index is 12.2. The largest absolute Gasteiger partial charge is 0.405 e. The number of thiophene rings is 1. The van der Waals surface area contributed by atoms with Crippen molar-refractivity contribution in [2.24, 2.45) is 0 Å². The Morgan fingerprint density at radius 3 is 2.81 bits per heavy atom. The van der Waals surface area contributed by atoms with Gasteiger partial charge in [-0.3, -0.25) is 4.79 Å². The van der Waals surface area contributed by atoms with Gasteiger partial charge < -0.3 is 14.9 Å². The summed E-state index contributed by atoms with van der Waals surface area (Å²) in [6, 6.07) is 3.35. The molecule has 21 heavy (non-hydrogen) atoms. The number of amides is 1. The second-order valence-corrected chi connectivity index (χ2v) is 5.17. The quantitative estimate of drug-likeness (QED) is 0.908. The van der Waals surface area contributed by atoms with Gasteiger partial charge in [0.15, 0.2) is 5.76 Å². The Bertz CT molecular complexity index is 620. The first-order valence-electron chi connectivity index (χ1n) is 5.86. The van der Waals surface area contributed by atoms with Crippen molar-refractivity contribution < 1.29 is 27.6 Å². The van der Waals surface area contributed by atoms with Crippen LogP contribution in [0.4, 0.5) is 13.2 Å². The summed E-state index contributed by atoms with van der Waals surface area (Å²) in [5.41, 5.74) is -0.0720. The van der Waals surface area contributed by atoms with Crippen molar-refractivity contribution in [2.45, 2.75) is 19.2 Å². The third kappa shape index (κ3) is 3.61. The predicted molar refractivity (Wildman–Crippen MR) is 68.8 cm³/mol. The van der Waals surface area contributed by atoms with E-state index in [0.29, 0.717) is 4.88 Å². The van der Waals surface area contributed by atoms with Gasteiger partial charge in [0.25, 0.3) is 5.91 Å². The number of nitrogens with one attached hydrogen (secondary N) is 1. The van der Waals surface area contributed by atoms with E-state index in [1.54, 1.807) is 22.8 Å². The minimum absolute atomic E-state index is 0.112. The van der Waals surface area contributed by atoms with Crippen LogP contribution in [0.3, 0.4) is 0 Å². The zero-order chi connectivity index (χ0) is 15.6. The fraction of sp³-hybridized carbons (Fsp3) is 0.333. The number of hydrogen-bond donors (Lipinski definition) is 2. The molecule has 2 rings (SSSR count). The molecule has 1 atom stereocenters. The van der Waals surface area contributed by atoms with Crippen molar-refractivity contribution in [3.05, 3.63) is 28.8 Å². The fourth-order valence-corrected chi connectivity index (χ4v) is 2.37. The monoisotopic (exact) mass is 320 g/mol. The van der Waals surface area contributed by atoms with Gasteiger partial charge in [-0.25, -0.2) is 0 Å². The minimum Gasteiger partial charge on any atom is -0.385 e. The van der Waals surface area contributed by atoms with Crippen LogP contribution in [-0.4, -0.2) is 28.9 Å². The SMILES string of the molecule is CC(O)c1onc(-c2cccs2)c1C(=O)NCC(F)(F)F. The highest BCUT2D eigenvalue weighted by Gasteiger charge is 2.31. The van der Waals surface area contributed by atoms with Gasteiger partial charge in [-0.15, -0.1) is 11.3 Å². The first kappa shape index (κ1) is 15.5. The van der Waals surface area contributed by atoms with Crippen LogP contribution in [0, 0.1) is 0 Å². The molecule has 0 bridgehead atoms. The molecule has 2 aromatic rings. The average Bonchev–Trinajstić information content (AvgIpc) is 3.02. The molecule has 0 fully saturated rings. The molecule has 9 heteroatoms. The molecule has 5 nitrogen and oxygen atoms in total. The van der Waals surface area contributed by atoms with Crippen molar-refractivity contribution in [2.75, 3.05) is 6.54 Å². The third-order valence-electron chi connectivity index (χ3n) is 2.53. The normalized spacial score (nSPS) is 13.2. The van der Waals surface area contributed by atoms with Gasteiger partial charge in [0.05, 0.1) is 4.88 Å². The van der Waals surface area contributed by atoms with E-state index in [0.717, 1.165) is 0 Å². The van der Waals surface area contributed by atoms with E-state index < -0.39 is 24.7 Å². The summed E-state index contributed by atoms with van der Waals surface area (Å²) in [4.78, 5) is 12.5. The van der Waals surface area contributed by atoms with Gasteiger partial charge in [-0.2, -0.15) is 13.2 Å². The van der Waals surface area contributed by atoms with Gasteiger partial charge in [0, 0.05) is 0 Å². The molecule has 0 aliphatic rings. The highest BCUT2D eigenvalue weighted by atomic mass is 32.1. The molecule has 0 saturated carbocycles. The summed E-state index contributed by atoms with van der Waals surface area (Å²) in [6.07, 6.45) is -5.70. The van der Waals surface area contributed by atoms with Gasteiger partial charge in [-0.05, 0) is 18.4 Å². The Balaban J connectivity index is 2.35. The zero-order valence-corrected chi connectivity index (χ0v) is 11.6. The Labute approximate surface area is 121 Å². The molecule has 1 unspecified atom stereocenters. The van der Waals surface area contributed by atoms with Crippen molar-refractivity contribution in [1.29, 1.82) is 0 Å². The van der Waals surface area contributed by atoms with Crippen LogP contribution in [0.2, 0.25) is 0 Å². The smallest absolute Gasteiger partial charge is 0.385 e. The van der Waals surface area contributed by atoms with E-state index in [9.17, 15) is 23.1 Å². The molecule has 0 spiro atoms. The van der Waals surface area contributed by atoms with Crippen LogP contribution in [0.25, 0.3) is 10.6 Å². The molecule has 0 radical (unpaired) electrons. The van der Waals surface area contributed by atoms with Gasteiger partial charge in [0.1, 0.15) is 23.9 Å². The lowest BCUT2D eigenvalue weighted by Gasteiger charge is -2.09. The Kier molecular flexibility index (Phi) is 4.33. The maximum atomic E-state index is 12.2.